The van der Waals surface area contributed by atoms with Crippen molar-refractivity contribution in [3.05, 3.63) is 0 Å². The third kappa shape index (κ3) is 5.92. The molecule has 0 heterocycles. The van der Waals surface area contributed by atoms with Crippen molar-refractivity contribution in [2.45, 2.75) is 40.2 Å². The van der Waals surface area contributed by atoms with Crippen molar-refractivity contribution in [3.63, 3.8) is 0 Å². The molecule has 0 rings (SSSR count). The molecule has 0 fully saturated rings. The number of hydrogen-bond donors (Lipinski definition) is 0. The van der Waals surface area contributed by atoms with Gasteiger partial charge in [0.1, 0.15) is 0 Å². The van der Waals surface area contributed by atoms with Gasteiger partial charge in [0.2, 0.25) is 0 Å². The van der Waals surface area contributed by atoms with Crippen molar-refractivity contribution in [2.24, 2.45) is 11.3 Å². The third-order valence-electron chi connectivity index (χ3n) is 3.37. The molecular formula is C13H28BrNS. The van der Waals surface area contributed by atoms with Gasteiger partial charge in [0.05, 0.1) is 0 Å². The van der Waals surface area contributed by atoms with E-state index in [9.17, 15) is 0 Å². The fraction of sp³-hybridized carbons (Fsp3) is 1.00. The third-order valence-corrected chi connectivity index (χ3v) is 4.87. The molecule has 2 unspecified atom stereocenters. The Morgan fingerprint density at radius 2 is 1.88 bits per heavy atom. The second kappa shape index (κ2) is 7.99. The maximum atomic E-state index is 3.66. The highest BCUT2D eigenvalue weighted by molar-refractivity contribution is 9.09. The molecule has 0 saturated heterocycles. The minimum atomic E-state index is 0.384. The molecule has 0 bridgehead atoms. The average molecular weight is 310 g/mol. The van der Waals surface area contributed by atoms with E-state index in [1.54, 1.807) is 0 Å². The molecule has 0 aliphatic carbocycles. The largest absolute Gasteiger partial charge is 0.302 e. The zero-order chi connectivity index (χ0) is 12.8. The highest BCUT2D eigenvalue weighted by atomic mass is 79.9. The molecule has 16 heavy (non-hydrogen) atoms. The number of alkyl halides is 1. The number of nitrogens with zero attached hydrogens (tertiary/aromatic N) is 1. The van der Waals surface area contributed by atoms with E-state index in [0.717, 1.165) is 11.4 Å². The van der Waals surface area contributed by atoms with E-state index >= 15 is 0 Å². The molecule has 0 aromatic heterocycles. The van der Waals surface area contributed by atoms with Crippen LogP contribution in [-0.2, 0) is 0 Å². The van der Waals surface area contributed by atoms with Crippen LogP contribution < -0.4 is 0 Å². The van der Waals surface area contributed by atoms with E-state index in [2.05, 4.69) is 61.8 Å². The lowest BCUT2D eigenvalue weighted by atomic mass is 9.81. The normalized spacial score (nSPS) is 16.5. The molecule has 0 N–H and O–H groups in total. The van der Waals surface area contributed by atoms with Crippen LogP contribution in [0.1, 0.15) is 34.1 Å². The van der Waals surface area contributed by atoms with Crippen LogP contribution in [0, 0.1) is 11.3 Å². The Hall–Kier alpha value is 0.790. The molecule has 1 nitrogen and oxygen atoms in total. The van der Waals surface area contributed by atoms with Gasteiger partial charge in [-0.05, 0) is 31.1 Å². The van der Waals surface area contributed by atoms with Crippen LogP contribution in [0.25, 0.3) is 0 Å². The van der Waals surface area contributed by atoms with Gasteiger partial charge in [0.25, 0.3) is 0 Å². The first-order valence-corrected chi connectivity index (χ1v) is 8.63. The maximum absolute atomic E-state index is 3.66. The van der Waals surface area contributed by atoms with Gasteiger partial charge in [-0.15, -0.1) is 0 Å². The molecule has 0 aromatic rings. The van der Waals surface area contributed by atoms with E-state index in [1.165, 1.54) is 18.7 Å². The monoisotopic (exact) mass is 309 g/mol. The molecule has 0 aromatic carbocycles. The van der Waals surface area contributed by atoms with Gasteiger partial charge < -0.3 is 4.90 Å². The first-order chi connectivity index (χ1) is 7.36. The Kier molecular flexibility index (Phi) is 8.39. The molecule has 3 heteroatoms. The zero-order valence-electron chi connectivity index (χ0n) is 11.7. The summed E-state index contributed by atoms with van der Waals surface area (Å²) in [6.07, 6.45) is 3.44. The Labute approximate surface area is 115 Å². The topological polar surface area (TPSA) is 3.24 Å². The second-order valence-corrected chi connectivity index (χ2v) is 7.23. The maximum Gasteiger partial charge on any atom is 0.0180 e. The van der Waals surface area contributed by atoms with E-state index in [0.29, 0.717) is 11.3 Å². The Morgan fingerprint density at radius 1 is 1.31 bits per heavy atom. The van der Waals surface area contributed by atoms with E-state index in [-0.39, 0.29) is 0 Å². The summed E-state index contributed by atoms with van der Waals surface area (Å²) in [5.74, 6) is 1.96. The molecule has 2 atom stereocenters. The van der Waals surface area contributed by atoms with Crippen LogP contribution in [-0.4, -0.2) is 41.9 Å². The zero-order valence-corrected chi connectivity index (χ0v) is 14.1. The predicted octanol–water partition coefficient (Wildman–Crippen LogP) is 4.12. The molecular weight excluding hydrogens is 282 g/mol. The molecule has 0 aliphatic rings. The lowest BCUT2D eigenvalue weighted by Gasteiger charge is -2.36. The van der Waals surface area contributed by atoms with Crippen LogP contribution in [0.3, 0.4) is 0 Å². The number of hydrogen-bond acceptors (Lipinski definition) is 2. The molecule has 0 radical (unpaired) electrons. The molecule has 98 valence electrons. The first kappa shape index (κ1) is 16.8. The summed E-state index contributed by atoms with van der Waals surface area (Å²) in [6, 6.07) is 0.721. The van der Waals surface area contributed by atoms with Crippen molar-refractivity contribution in [3.8, 4) is 0 Å². The fourth-order valence-electron chi connectivity index (χ4n) is 1.80. The van der Waals surface area contributed by atoms with Gasteiger partial charge in [-0.2, -0.15) is 11.8 Å². The van der Waals surface area contributed by atoms with Crippen molar-refractivity contribution < 1.29 is 0 Å². The van der Waals surface area contributed by atoms with Gasteiger partial charge in [0.15, 0.2) is 0 Å². The fourth-order valence-corrected chi connectivity index (χ4v) is 3.85. The second-order valence-electron chi connectivity index (χ2n) is 5.67. The van der Waals surface area contributed by atoms with Crippen LogP contribution >= 0.6 is 27.7 Å². The number of halogens is 1. The van der Waals surface area contributed by atoms with Gasteiger partial charge >= 0.3 is 0 Å². The molecule has 0 spiro atoms. The van der Waals surface area contributed by atoms with Crippen molar-refractivity contribution >= 4 is 27.7 Å². The van der Waals surface area contributed by atoms with E-state index in [1.807, 2.05) is 11.8 Å². The van der Waals surface area contributed by atoms with Gasteiger partial charge in [0, 0.05) is 23.7 Å². The van der Waals surface area contributed by atoms with Crippen LogP contribution in [0.4, 0.5) is 0 Å². The Balaban J connectivity index is 4.33. The van der Waals surface area contributed by atoms with Gasteiger partial charge in [-0.1, -0.05) is 43.6 Å². The van der Waals surface area contributed by atoms with Crippen molar-refractivity contribution in [2.75, 3.05) is 30.9 Å². The summed E-state index contributed by atoms with van der Waals surface area (Å²) in [5.41, 5.74) is 0.384. The molecule has 0 aliphatic heterocycles. The Bertz CT molecular complexity index is 179. The summed E-state index contributed by atoms with van der Waals surface area (Å²) in [6.45, 7) is 10.5. The van der Waals surface area contributed by atoms with E-state index < -0.39 is 0 Å². The number of rotatable bonds is 7. The minimum Gasteiger partial charge on any atom is -0.302 e. The van der Waals surface area contributed by atoms with Crippen LogP contribution in [0.2, 0.25) is 0 Å². The smallest absolute Gasteiger partial charge is 0.0180 e. The predicted molar refractivity (Wildman–Crippen MR) is 81.8 cm³/mol. The summed E-state index contributed by atoms with van der Waals surface area (Å²) < 4.78 is 0. The highest BCUT2D eigenvalue weighted by Gasteiger charge is 2.26. The quantitative estimate of drug-likeness (QED) is 0.651. The Morgan fingerprint density at radius 3 is 2.19 bits per heavy atom. The molecule has 0 amide bonds. The molecule has 0 saturated carbocycles. The summed E-state index contributed by atoms with van der Waals surface area (Å²) in [7, 11) is 2.27. The lowest BCUT2D eigenvalue weighted by Crippen LogP contribution is -2.40. The lowest BCUT2D eigenvalue weighted by molar-refractivity contribution is 0.158. The minimum absolute atomic E-state index is 0.384. The van der Waals surface area contributed by atoms with E-state index in [4.69, 9.17) is 0 Å². The van der Waals surface area contributed by atoms with Gasteiger partial charge in [-0.25, -0.2) is 0 Å². The summed E-state index contributed by atoms with van der Waals surface area (Å²) in [5, 5.41) is 1.09. The average Bonchev–Trinajstić information content (AvgIpc) is 2.20. The summed E-state index contributed by atoms with van der Waals surface area (Å²) in [4.78, 5) is 2.54. The number of thioether (sulfide) groups is 1. The van der Waals surface area contributed by atoms with Crippen molar-refractivity contribution in [1.29, 1.82) is 0 Å². The first-order valence-electron chi connectivity index (χ1n) is 6.11. The van der Waals surface area contributed by atoms with Gasteiger partial charge in [-0.3, -0.25) is 0 Å². The van der Waals surface area contributed by atoms with Crippen LogP contribution in [0.5, 0.6) is 0 Å². The van der Waals surface area contributed by atoms with Crippen LogP contribution in [0.15, 0.2) is 0 Å². The highest BCUT2D eigenvalue weighted by Crippen LogP contribution is 2.28. The SMILES string of the molecule is CCC(CSC)N(C)CC(CBr)C(C)(C)C. The summed E-state index contributed by atoms with van der Waals surface area (Å²) >= 11 is 5.61. The van der Waals surface area contributed by atoms with Crippen molar-refractivity contribution in [1.82, 2.24) is 4.90 Å². The standard InChI is InChI=1S/C13H28BrNS/c1-7-12(10-16-6)15(5)9-11(8-14)13(2,3)4/h11-12H,7-10H2,1-6H3.